The molecule has 5 rings (SSSR count). The largest absolute Gasteiger partial charge is 0.493 e. The van der Waals surface area contributed by atoms with E-state index in [1.165, 1.54) is 21.8 Å². The van der Waals surface area contributed by atoms with Gasteiger partial charge in [-0.25, -0.2) is 0 Å². The molecule has 0 saturated heterocycles. The monoisotopic (exact) mass is 430 g/mol. The molecule has 1 atom stereocenters. The second-order valence-corrected chi connectivity index (χ2v) is 7.79. The van der Waals surface area contributed by atoms with E-state index in [0.717, 1.165) is 23.4 Å². The van der Waals surface area contributed by atoms with Crippen molar-refractivity contribution in [3.63, 3.8) is 0 Å². The number of nitrogens with zero attached hydrogens (tertiary/aromatic N) is 2. The van der Waals surface area contributed by atoms with Gasteiger partial charge in [0.1, 0.15) is 0 Å². The molecule has 0 aliphatic carbocycles. The number of benzene rings is 3. The molecule has 6 nitrogen and oxygen atoms in total. The van der Waals surface area contributed by atoms with Crippen LogP contribution < -0.4 is 14.2 Å². The Morgan fingerprint density at radius 1 is 0.906 bits per heavy atom. The van der Waals surface area contributed by atoms with Crippen molar-refractivity contribution in [2.45, 2.75) is 26.0 Å². The zero-order valence-corrected chi connectivity index (χ0v) is 18.7. The van der Waals surface area contributed by atoms with Gasteiger partial charge in [-0.05, 0) is 42.8 Å². The van der Waals surface area contributed by atoms with Gasteiger partial charge in [0.15, 0.2) is 17.6 Å². The Hall–Kier alpha value is -3.67. The van der Waals surface area contributed by atoms with Gasteiger partial charge in [-0.2, -0.15) is 0 Å². The summed E-state index contributed by atoms with van der Waals surface area (Å²) in [6.45, 7) is 3.11. The molecule has 1 unspecified atom stereocenters. The van der Waals surface area contributed by atoms with Crippen LogP contribution in [0.4, 0.5) is 0 Å². The van der Waals surface area contributed by atoms with Crippen molar-refractivity contribution in [2.75, 3.05) is 21.3 Å². The molecule has 0 radical (unpaired) electrons. The second-order valence-electron chi connectivity index (χ2n) is 7.79. The highest BCUT2D eigenvalue weighted by Crippen LogP contribution is 2.40. The summed E-state index contributed by atoms with van der Waals surface area (Å²) >= 11 is 0. The summed E-state index contributed by atoms with van der Waals surface area (Å²) in [5.41, 5.74) is 5.35. The van der Waals surface area contributed by atoms with Crippen LogP contribution >= 0.6 is 0 Å². The number of hydrogen-bond acceptors (Lipinski definition) is 5. The van der Waals surface area contributed by atoms with Gasteiger partial charge < -0.3 is 23.6 Å². The molecule has 0 bridgehead atoms. The van der Waals surface area contributed by atoms with Gasteiger partial charge in [0.25, 0.3) is 0 Å². The van der Waals surface area contributed by atoms with E-state index in [4.69, 9.17) is 19.0 Å². The molecule has 1 aliphatic heterocycles. The zero-order chi connectivity index (χ0) is 22.2. The lowest BCUT2D eigenvalue weighted by Gasteiger charge is -2.14. The van der Waals surface area contributed by atoms with E-state index in [2.05, 4.69) is 59.1 Å². The number of fused-ring (bicyclic) bond motifs is 3. The van der Waals surface area contributed by atoms with E-state index < -0.39 is 0 Å². The number of hydrogen-bond donors (Lipinski definition) is 0. The van der Waals surface area contributed by atoms with Gasteiger partial charge in [-0.3, -0.25) is 0 Å². The SMILES string of the molecule is CCn1c2ccccc2c2cc(C3CC(c4cc(OC)c(OC)c(OC)c4)=NO3)ccc21. The molecule has 1 aliphatic rings. The molecule has 32 heavy (non-hydrogen) atoms. The number of rotatable bonds is 6. The van der Waals surface area contributed by atoms with Crippen molar-refractivity contribution in [1.29, 1.82) is 0 Å². The van der Waals surface area contributed by atoms with Crippen LogP contribution in [0.3, 0.4) is 0 Å². The van der Waals surface area contributed by atoms with Crippen molar-refractivity contribution in [2.24, 2.45) is 5.16 Å². The minimum absolute atomic E-state index is 0.141. The minimum atomic E-state index is -0.141. The van der Waals surface area contributed by atoms with Gasteiger partial charge in [0, 0.05) is 40.3 Å². The number of ether oxygens (including phenoxy) is 3. The third kappa shape index (κ3) is 3.14. The highest BCUT2D eigenvalue weighted by atomic mass is 16.6. The van der Waals surface area contributed by atoms with Crippen LogP contribution in [0.1, 0.15) is 30.6 Å². The smallest absolute Gasteiger partial charge is 0.203 e. The first-order chi connectivity index (χ1) is 15.7. The Balaban J connectivity index is 1.49. The summed E-state index contributed by atoms with van der Waals surface area (Å²) in [7, 11) is 4.82. The molecule has 0 N–H and O–H groups in total. The fourth-order valence-corrected chi connectivity index (χ4v) is 4.59. The van der Waals surface area contributed by atoms with Gasteiger partial charge in [-0.1, -0.05) is 29.4 Å². The predicted molar refractivity (Wildman–Crippen MR) is 126 cm³/mol. The van der Waals surface area contributed by atoms with Crippen LogP contribution in [0.2, 0.25) is 0 Å². The first-order valence-electron chi connectivity index (χ1n) is 10.7. The van der Waals surface area contributed by atoms with Crippen LogP contribution in [-0.4, -0.2) is 31.6 Å². The van der Waals surface area contributed by atoms with Crippen molar-refractivity contribution in [1.82, 2.24) is 4.57 Å². The molecule has 0 amide bonds. The Bertz CT molecular complexity index is 1310. The molecule has 2 heterocycles. The summed E-state index contributed by atoms with van der Waals surface area (Å²) in [5, 5.41) is 6.89. The van der Waals surface area contributed by atoms with Gasteiger partial charge in [-0.15, -0.1) is 0 Å². The minimum Gasteiger partial charge on any atom is -0.493 e. The van der Waals surface area contributed by atoms with Gasteiger partial charge in [0.2, 0.25) is 5.75 Å². The van der Waals surface area contributed by atoms with E-state index in [-0.39, 0.29) is 6.10 Å². The van der Waals surface area contributed by atoms with Crippen LogP contribution in [0.25, 0.3) is 21.8 Å². The average molecular weight is 431 g/mol. The Morgan fingerprint density at radius 2 is 1.62 bits per heavy atom. The fourth-order valence-electron chi connectivity index (χ4n) is 4.59. The molecular formula is C26H26N2O4. The lowest BCUT2D eigenvalue weighted by Crippen LogP contribution is -2.04. The normalized spacial score (nSPS) is 15.6. The van der Waals surface area contributed by atoms with E-state index >= 15 is 0 Å². The number of aryl methyl sites for hydroxylation is 1. The standard InChI is InChI=1S/C26H26N2O4/c1-5-28-21-9-7-6-8-18(21)19-12-16(10-11-22(19)28)23-15-20(27-32-23)17-13-24(29-2)26(31-4)25(14-17)30-3/h6-14,23H,5,15H2,1-4H3. The predicted octanol–water partition coefficient (Wildman–Crippen LogP) is 5.71. The quantitative estimate of drug-likeness (QED) is 0.393. The third-order valence-corrected chi connectivity index (χ3v) is 6.15. The second kappa shape index (κ2) is 8.11. The first-order valence-corrected chi connectivity index (χ1v) is 10.7. The number of methoxy groups -OCH3 is 3. The van der Waals surface area contributed by atoms with Crippen molar-refractivity contribution < 1.29 is 19.0 Å². The maximum Gasteiger partial charge on any atom is 0.203 e. The average Bonchev–Trinajstić information content (AvgIpc) is 3.45. The molecule has 1 aromatic heterocycles. The first kappa shape index (κ1) is 20.2. The molecule has 0 fully saturated rings. The number of oxime groups is 1. The molecule has 4 aromatic rings. The van der Waals surface area contributed by atoms with Gasteiger partial charge >= 0.3 is 0 Å². The topological polar surface area (TPSA) is 54.2 Å². The van der Waals surface area contributed by atoms with Crippen molar-refractivity contribution in [3.8, 4) is 17.2 Å². The van der Waals surface area contributed by atoms with Crippen LogP contribution in [0, 0.1) is 0 Å². The van der Waals surface area contributed by atoms with E-state index in [1.807, 2.05) is 12.1 Å². The van der Waals surface area contributed by atoms with Gasteiger partial charge in [0.05, 0.1) is 27.0 Å². The highest BCUT2D eigenvalue weighted by molar-refractivity contribution is 6.08. The summed E-state index contributed by atoms with van der Waals surface area (Å²) < 4.78 is 18.8. The zero-order valence-electron chi connectivity index (χ0n) is 18.7. The summed E-state index contributed by atoms with van der Waals surface area (Å²) in [6.07, 6.45) is 0.522. The molecule has 6 heteroatoms. The molecule has 3 aromatic carbocycles. The molecule has 164 valence electrons. The van der Waals surface area contributed by atoms with E-state index in [0.29, 0.717) is 23.7 Å². The van der Waals surface area contributed by atoms with Crippen LogP contribution in [0.5, 0.6) is 17.2 Å². The summed E-state index contributed by atoms with van der Waals surface area (Å²) in [6, 6.07) is 18.9. The summed E-state index contributed by atoms with van der Waals surface area (Å²) in [5.74, 6) is 1.76. The molecule has 0 spiro atoms. The molecular weight excluding hydrogens is 404 g/mol. The van der Waals surface area contributed by atoms with Crippen molar-refractivity contribution >= 4 is 27.5 Å². The van der Waals surface area contributed by atoms with Crippen LogP contribution in [-0.2, 0) is 11.4 Å². The highest BCUT2D eigenvalue weighted by Gasteiger charge is 2.26. The fraction of sp³-hybridized carbons (Fsp3) is 0.269. The number of para-hydroxylation sites is 1. The van der Waals surface area contributed by atoms with E-state index in [9.17, 15) is 0 Å². The van der Waals surface area contributed by atoms with Crippen molar-refractivity contribution in [3.05, 3.63) is 65.7 Å². The maximum atomic E-state index is 5.87. The third-order valence-electron chi connectivity index (χ3n) is 6.15. The lowest BCUT2D eigenvalue weighted by molar-refractivity contribution is 0.0858. The molecule has 0 saturated carbocycles. The van der Waals surface area contributed by atoms with E-state index in [1.54, 1.807) is 21.3 Å². The Kier molecular flexibility index (Phi) is 5.13. The lowest BCUT2D eigenvalue weighted by atomic mass is 9.98. The van der Waals surface area contributed by atoms with Crippen LogP contribution in [0.15, 0.2) is 59.8 Å². The Labute approximate surface area is 186 Å². The number of aromatic nitrogens is 1. The maximum absolute atomic E-state index is 5.87. The Morgan fingerprint density at radius 3 is 2.31 bits per heavy atom. The summed E-state index contributed by atoms with van der Waals surface area (Å²) in [4.78, 5) is 5.87.